The van der Waals surface area contributed by atoms with Gasteiger partial charge in [-0.15, -0.1) is 0 Å². The molecule has 0 amide bonds. The first-order valence-corrected chi connectivity index (χ1v) is 4.70. The summed E-state index contributed by atoms with van der Waals surface area (Å²) < 4.78 is 0. The molecule has 5 nitrogen and oxygen atoms in total. The first-order valence-electron chi connectivity index (χ1n) is 4.32. The summed E-state index contributed by atoms with van der Waals surface area (Å²) in [5.41, 5.74) is 5.99. The lowest BCUT2D eigenvalue weighted by Gasteiger charge is -2.24. The number of benzene rings is 1. The molecule has 1 aromatic rings. The zero-order chi connectivity index (χ0) is 11.2. The number of anilines is 1. The fraction of sp³-hybridized carbons (Fsp3) is 0.222. The molecule has 4 N–H and O–H groups in total. The van der Waals surface area contributed by atoms with E-state index in [0.717, 1.165) is 0 Å². The van der Waals surface area contributed by atoms with Crippen molar-refractivity contribution in [1.29, 1.82) is 0 Å². The highest BCUT2D eigenvalue weighted by Crippen LogP contribution is 2.41. The number of hydrazine groups is 1. The van der Waals surface area contributed by atoms with Gasteiger partial charge in [-0.1, -0.05) is 11.6 Å². The molecule has 2 rings (SSSR count). The van der Waals surface area contributed by atoms with Gasteiger partial charge < -0.3 is 15.6 Å². The zero-order valence-corrected chi connectivity index (χ0v) is 8.59. The summed E-state index contributed by atoms with van der Waals surface area (Å²) >= 11 is 5.78. The van der Waals surface area contributed by atoms with Crippen LogP contribution in [0.1, 0.15) is 17.3 Å². The molecule has 6 heteroatoms. The third kappa shape index (κ3) is 1.40. The Balaban J connectivity index is 2.67. The van der Waals surface area contributed by atoms with E-state index < -0.39 is 11.8 Å². The number of Topliss-reactive ketones (excluding diaryl/α,β-unsaturated/α-hetero) is 1. The van der Waals surface area contributed by atoms with E-state index in [9.17, 15) is 15.0 Å². The van der Waals surface area contributed by atoms with Crippen molar-refractivity contribution in [2.45, 2.75) is 13.0 Å². The van der Waals surface area contributed by atoms with Crippen LogP contribution in [0.25, 0.3) is 0 Å². The normalized spacial score (nSPS) is 19.6. The number of phenols is 2. The fourth-order valence-corrected chi connectivity index (χ4v) is 1.73. The summed E-state index contributed by atoms with van der Waals surface area (Å²) in [6, 6.07) is 0.812. The molecular weight excluding hydrogens is 220 g/mol. The predicted octanol–water partition coefficient (Wildman–Crippen LogP) is 1.25. The molecule has 1 aliphatic rings. The van der Waals surface area contributed by atoms with Crippen molar-refractivity contribution in [2.24, 2.45) is 0 Å². The van der Waals surface area contributed by atoms with E-state index in [1.807, 2.05) is 0 Å². The van der Waals surface area contributed by atoms with Gasteiger partial charge in [-0.2, -0.15) is 0 Å². The number of hydrogen-bond acceptors (Lipinski definition) is 5. The zero-order valence-electron chi connectivity index (χ0n) is 7.84. The van der Waals surface area contributed by atoms with E-state index in [1.165, 1.54) is 6.07 Å². The van der Waals surface area contributed by atoms with Crippen LogP contribution in [0.5, 0.6) is 11.5 Å². The molecule has 0 spiro atoms. The number of halogens is 1. The summed E-state index contributed by atoms with van der Waals surface area (Å²) in [4.78, 5) is 11.7. The lowest BCUT2D eigenvalue weighted by molar-refractivity contribution is 0.0949. The third-order valence-electron chi connectivity index (χ3n) is 2.28. The summed E-state index contributed by atoms with van der Waals surface area (Å²) in [6.45, 7) is 1.67. The number of ketones is 1. The topological polar surface area (TPSA) is 81.6 Å². The molecule has 0 saturated carbocycles. The Morgan fingerprint density at radius 3 is 2.80 bits per heavy atom. The first kappa shape index (κ1) is 10.1. The van der Waals surface area contributed by atoms with Crippen LogP contribution in [-0.4, -0.2) is 22.0 Å². The van der Waals surface area contributed by atoms with Crippen LogP contribution in [0.2, 0.25) is 5.02 Å². The van der Waals surface area contributed by atoms with Crippen molar-refractivity contribution in [2.75, 3.05) is 5.43 Å². The average molecular weight is 229 g/mol. The lowest BCUT2D eigenvalue weighted by Crippen LogP contribution is -2.42. The SMILES string of the molecule is CC1NNc2cc(O)c(O)c(Cl)c2C1=O. The van der Waals surface area contributed by atoms with Crippen LogP contribution < -0.4 is 10.9 Å². The molecule has 0 bridgehead atoms. The Kier molecular flexibility index (Phi) is 2.21. The largest absolute Gasteiger partial charge is 0.504 e. The van der Waals surface area contributed by atoms with Crippen LogP contribution in [0.15, 0.2) is 6.07 Å². The van der Waals surface area contributed by atoms with Crippen molar-refractivity contribution >= 4 is 23.1 Å². The molecule has 1 atom stereocenters. The van der Waals surface area contributed by atoms with Crippen LogP contribution in [0.3, 0.4) is 0 Å². The minimum absolute atomic E-state index is 0.129. The van der Waals surface area contributed by atoms with Gasteiger partial charge in [0.15, 0.2) is 17.3 Å². The van der Waals surface area contributed by atoms with Crippen LogP contribution >= 0.6 is 11.6 Å². The Bertz CT molecular complexity index is 447. The molecule has 1 heterocycles. The van der Waals surface area contributed by atoms with Crippen molar-refractivity contribution in [3.05, 3.63) is 16.7 Å². The van der Waals surface area contributed by atoms with E-state index in [-0.39, 0.29) is 22.1 Å². The van der Waals surface area contributed by atoms with E-state index >= 15 is 0 Å². The molecule has 0 aliphatic carbocycles. The van der Waals surface area contributed by atoms with Gasteiger partial charge in [-0.3, -0.25) is 4.79 Å². The number of fused-ring (bicyclic) bond motifs is 1. The van der Waals surface area contributed by atoms with E-state index in [0.29, 0.717) is 5.69 Å². The lowest BCUT2D eigenvalue weighted by atomic mass is 10.0. The Hall–Kier alpha value is -1.46. The maximum atomic E-state index is 11.7. The minimum atomic E-state index is -0.473. The summed E-state index contributed by atoms with van der Waals surface area (Å²) in [6.07, 6.45) is 0. The number of hydrogen-bond donors (Lipinski definition) is 4. The quantitative estimate of drug-likeness (QED) is 0.397. The Morgan fingerprint density at radius 1 is 1.47 bits per heavy atom. The number of phenolic OH excluding ortho intramolecular Hbond substituents is 2. The van der Waals surface area contributed by atoms with Crippen LogP contribution in [0, 0.1) is 0 Å². The van der Waals surface area contributed by atoms with Gasteiger partial charge in [-0.25, -0.2) is 5.43 Å². The molecule has 0 radical (unpaired) electrons. The molecule has 15 heavy (non-hydrogen) atoms. The highest BCUT2D eigenvalue weighted by molar-refractivity contribution is 6.37. The van der Waals surface area contributed by atoms with Crippen molar-refractivity contribution in [3.63, 3.8) is 0 Å². The van der Waals surface area contributed by atoms with Gasteiger partial charge in [0.25, 0.3) is 0 Å². The second-order valence-electron chi connectivity index (χ2n) is 3.34. The predicted molar refractivity (Wildman–Crippen MR) is 55.3 cm³/mol. The number of carbonyl (C=O) groups is 1. The molecule has 1 aromatic carbocycles. The molecular formula is C9H9ClN2O3. The second kappa shape index (κ2) is 3.29. The Labute approximate surface area is 90.6 Å². The summed E-state index contributed by atoms with van der Waals surface area (Å²) in [7, 11) is 0. The van der Waals surface area contributed by atoms with Gasteiger partial charge in [0.1, 0.15) is 0 Å². The monoisotopic (exact) mass is 228 g/mol. The van der Waals surface area contributed by atoms with Crippen molar-refractivity contribution in [3.8, 4) is 11.5 Å². The van der Waals surface area contributed by atoms with Gasteiger partial charge >= 0.3 is 0 Å². The summed E-state index contributed by atoms with van der Waals surface area (Å²) in [5.74, 6) is -1.07. The van der Waals surface area contributed by atoms with Gasteiger partial charge in [0.05, 0.1) is 22.3 Å². The molecule has 80 valence electrons. The number of carbonyl (C=O) groups excluding carboxylic acids is 1. The van der Waals surface area contributed by atoms with E-state index in [1.54, 1.807) is 6.92 Å². The maximum Gasteiger partial charge on any atom is 0.185 e. The molecule has 0 fully saturated rings. The standard InChI is InChI=1S/C9H9ClN2O3/c1-3-8(14)6-4(12-11-3)2-5(13)9(15)7(6)10/h2-3,11-13,15H,1H3. The highest BCUT2D eigenvalue weighted by Gasteiger charge is 2.28. The Morgan fingerprint density at radius 2 is 2.13 bits per heavy atom. The van der Waals surface area contributed by atoms with Gasteiger partial charge in [0, 0.05) is 6.07 Å². The van der Waals surface area contributed by atoms with E-state index in [4.69, 9.17) is 11.6 Å². The molecule has 1 aliphatic heterocycles. The van der Waals surface area contributed by atoms with Gasteiger partial charge in [-0.05, 0) is 6.92 Å². The first-order chi connectivity index (χ1) is 7.02. The fourth-order valence-electron chi connectivity index (χ4n) is 1.43. The highest BCUT2D eigenvalue weighted by atomic mass is 35.5. The molecule has 0 aromatic heterocycles. The third-order valence-corrected chi connectivity index (χ3v) is 2.65. The summed E-state index contributed by atoms with van der Waals surface area (Å²) in [5, 5.41) is 18.5. The van der Waals surface area contributed by atoms with E-state index in [2.05, 4.69) is 10.9 Å². The molecule has 0 saturated heterocycles. The number of nitrogens with one attached hydrogen (secondary N) is 2. The van der Waals surface area contributed by atoms with Crippen molar-refractivity contribution in [1.82, 2.24) is 5.43 Å². The van der Waals surface area contributed by atoms with Crippen LogP contribution in [-0.2, 0) is 0 Å². The van der Waals surface area contributed by atoms with Crippen LogP contribution in [0.4, 0.5) is 5.69 Å². The van der Waals surface area contributed by atoms with Gasteiger partial charge in [0.2, 0.25) is 0 Å². The maximum absolute atomic E-state index is 11.7. The average Bonchev–Trinajstić information content (AvgIpc) is 2.20. The molecule has 1 unspecified atom stereocenters. The number of rotatable bonds is 0. The smallest absolute Gasteiger partial charge is 0.185 e. The second-order valence-corrected chi connectivity index (χ2v) is 3.71. The van der Waals surface area contributed by atoms with Crippen molar-refractivity contribution < 1.29 is 15.0 Å². The number of aromatic hydroxyl groups is 2. The minimum Gasteiger partial charge on any atom is -0.504 e.